The number of nitriles is 1. The monoisotopic (exact) mass is 473 g/mol. The lowest BCUT2D eigenvalue weighted by molar-refractivity contribution is -0.516. The fraction of sp³-hybridized carbons (Fsp3) is 0.125. The van der Waals surface area contributed by atoms with Gasteiger partial charge in [-0.15, -0.1) is 0 Å². The number of benzene rings is 2. The zero-order valence-electron chi connectivity index (χ0n) is 17.8. The van der Waals surface area contributed by atoms with Crippen LogP contribution in [0.1, 0.15) is 29.3 Å². The number of hydrogen-bond donors (Lipinski definition) is 2. The number of halogens is 5. The van der Waals surface area contributed by atoms with Crippen LogP contribution in [-0.2, 0) is 12.7 Å². The number of nitrogens with two attached hydrogens (primary N) is 1. The molecule has 174 valence electrons. The second-order valence-electron chi connectivity index (χ2n) is 7.35. The first-order valence-electron chi connectivity index (χ1n) is 9.87. The highest BCUT2D eigenvalue weighted by Crippen LogP contribution is 2.32. The van der Waals surface area contributed by atoms with Gasteiger partial charge >= 0.3 is 6.18 Å². The minimum absolute atomic E-state index is 0.0431. The molecule has 34 heavy (non-hydrogen) atoms. The lowest BCUT2D eigenvalue weighted by atomic mass is 10.0. The third-order valence-electron chi connectivity index (χ3n) is 5.09. The first-order valence-corrected chi connectivity index (χ1v) is 9.87. The number of hydrogen-bond acceptors (Lipinski definition) is 3. The molecule has 3 rings (SSSR count). The number of quaternary nitrogens is 1. The van der Waals surface area contributed by atoms with Gasteiger partial charge in [0.25, 0.3) is 5.56 Å². The molecule has 3 N–H and O–H groups in total. The van der Waals surface area contributed by atoms with Crippen LogP contribution in [0.15, 0.2) is 65.1 Å². The Morgan fingerprint density at radius 2 is 1.82 bits per heavy atom. The van der Waals surface area contributed by atoms with Crippen LogP contribution in [-0.4, -0.2) is 10.8 Å². The average Bonchev–Trinajstić information content (AvgIpc) is 2.77. The van der Waals surface area contributed by atoms with Crippen LogP contribution in [0.25, 0.3) is 5.57 Å². The minimum atomic E-state index is -5.02. The fourth-order valence-electron chi connectivity index (χ4n) is 3.45. The molecule has 10 heteroatoms. The SMILES string of the molecule is C/C([NH2+]c1ccccc1)=C(/C=N)c1cc(C(F)(F)F)c(C#N)c(=O)n1Cc1ccc(F)cc1F. The molecule has 1 aromatic heterocycles. The molecular weight excluding hydrogens is 455 g/mol. The van der Waals surface area contributed by atoms with Crippen LogP contribution < -0.4 is 10.9 Å². The van der Waals surface area contributed by atoms with E-state index >= 15 is 0 Å². The summed E-state index contributed by atoms with van der Waals surface area (Å²) in [6, 6.07) is 13.2. The first-order chi connectivity index (χ1) is 16.1. The zero-order valence-corrected chi connectivity index (χ0v) is 17.8. The van der Waals surface area contributed by atoms with E-state index in [2.05, 4.69) is 0 Å². The summed E-state index contributed by atoms with van der Waals surface area (Å²) in [5.74, 6) is -1.88. The molecule has 0 atom stereocenters. The molecular formula is C24H18F5N4O+. The Kier molecular flexibility index (Phi) is 7.08. The second-order valence-corrected chi connectivity index (χ2v) is 7.35. The number of rotatable bonds is 6. The van der Waals surface area contributed by atoms with Crippen molar-refractivity contribution in [2.75, 3.05) is 0 Å². The van der Waals surface area contributed by atoms with Crippen molar-refractivity contribution in [2.24, 2.45) is 0 Å². The second kappa shape index (κ2) is 9.80. The maximum atomic E-state index is 14.3. The number of aromatic nitrogens is 1. The van der Waals surface area contributed by atoms with Gasteiger partial charge in [0.2, 0.25) is 0 Å². The van der Waals surface area contributed by atoms with Gasteiger partial charge in [-0.05, 0) is 24.3 Å². The third-order valence-corrected chi connectivity index (χ3v) is 5.09. The summed E-state index contributed by atoms with van der Waals surface area (Å²) in [4.78, 5) is 13.0. The molecule has 0 unspecified atom stereocenters. The molecule has 0 fully saturated rings. The van der Waals surface area contributed by atoms with Gasteiger partial charge in [0.05, 0.1) is 23.4 Å². The summed E-state index contributed by atoms with van der Waals surface area (Å²) in [7, 11) is 0. The van der Waals surface area contributed by atoms with Crippen molar-refractivity contribution in [3.05, 3.63) is 105 Å². The highest BCUT2D eigenvalue weighted by atomic mass is 19.4. The van der Waals surface area contributed by atoms with Crippen molar-refractivity contribution in [3.8, 4) is 6.07 Å². The predicted octanol–water partition coefficient (Wildman–Crippen LogP) is 4.34. The number of alkyl halides is 3. The van der Waals surface area contributed by atoms with E-state index in [9.17, 15) is 32.0 Å². The van der Waals surface area contributed by atoms with Gasteiger partial charge < -0.3 is 9.98 Å². The standard InChI is InChI=1S/C24H17F5N4O/c1-14(32-17-5-3-2-4-6-17)18(11-30)22-10-20(24(27,28)29)19(12-31)23(34)33(22)13-15-7-8-16(25)9-21(15)26/h2-11,30,32H,13H2,1H3/p+1/b18-14+,30-11?. The molecule has 5 nitrogen and oxygen atoms in total. The van der Waals surface area contributed by atoms with E-state index in [1.165, 1.54) is 6.07 Å². The van der Waals surface area contributed by atoms with E-state index in [-0.39, 0.29) is 16.8 Å². The first kappa shape index (κ1) is 24.5. The number of allylic oxidation sites excluding steroid dienone is 2. The summed E-state index contributed by atoms with van der Waals surface area (Å²) in [6.45, 7) is 0.967. The Hall–Kier alpha value is -4.10. The number of nitrogens with one attached hydrogen (secondary N) is 1. The van der Waals surface area contributed by atoms with Crippen molar-refractivity contribution in [2.45, 2.75) is 19.6 Å². The van der Waals surface area contributed by atoms with Gasteiger partial charge in [-0.2, -0.15) is 18.4 Å². The number of para-hydroxylation sites is 1. The normalized spacial score (nSPS) is 12.1. The Balaban J connectivity index is 2.31. The average molecular weight is 473 g/mol. The van der Waals surface area contributed by atoms with Gasteiger partial charge in [-0.25, -0.2) is 8.78 Å². The summed E-state index contributed by atoms with van der Waals surface area (Å²) in [6.07, 6.45) is -4.24. The molecule has 0 spiro atoms. The van der Waals surface area contributed by atoms with Crippen molar-refractivity contribution < 1.29 is 27.3 Å². The molecule has 2 aromatic carbocycles. The quantitative estimate of drug-likeness (QED) is 0.317. The molecule has 1 heterocycles. The maximum absolute atomic E-state index is 14.3. The molecule has 0 aliphatic carbocycles. The van der Waals surface area contributed by atoms with E-state index in [0.717, 1.165) is 22.9 Å². The van der Waals surface area contributed by atoms with Gasteiger partial charge in [0.15, 0.2) is 0 Å². The topological polar surface area (TPSA) is 86.2 Å². The van der Waals surface area contributed by atoms with E-state index in [0.29, 0.717) is 23.5 Å². The van der Waals surface area contributed by atoms with Gasteiger partial charge in [0, 0.05) is 24.8 Å². The van der Waals surface area contributed by atoms with E-state index in [4.69, 9.17) is 5.41 Å². The maximum Gasteiger partial charge on any atom is 0.417 e. The summed E-state index contributed by atoms with van der Waals surface area (Å²) < 4.78 is 69.5. The minimum Gasteiger partial charge on any atom is -0.308 e. The summed E-state index contributed by atoms with van der Waals surface area (Å²) in [5.41, 5.74) is -3.43. The van der Waals surface area contributed by atoms with Crippen LogP contribution in [0.3, 0.4) is 0 Å². The lowest BCUT2D eigenvalue weighted by Gasteiger charge is -2.18. The number of nitrogens with zero attached hydrogens (tertiary/aromatic N) is 2. The molecule has 0 aliphatic rings. The zero-order chi connectivity index (χ0) is 25.0. The summed E-state index contributed by atoms with van der Waals surface area (Å²) >= 11 is 0. The van der Waals surface area contributed by atoms with Gasteiger partial charge in [-0.1, -0.05) is 24.3 Å². The Labute approximate surface area is 190 Å². The van der Waals surface area contributed by atoms with Gasteiger partial charge in [-0.3, -0.25) is 10.1 Å². The highest BCUT2D eigenvalue weighted by molar-refractivity contribution is 6.08. The van der Waals surface area contributed by atoms with Crippen LogP contribution in [0.4, 0.5) is 27.6 Å². The van der Waals surface area contributed by atoms with Crippen molar-refractivity contribution >= 4 is 17.5 Å². The molecule has 0 radical (unpaired) electrons. The lowest BCUT2D eigenvalue weighted by Crippen LogP contribution is -2.75. The van der Waals surface area contributed by atoms with E-state index in [1.807, 2.05) is 0 Å². The van der Waals surface area contributed by atoms with Crippen LogP contribution in [0.2, 0.25) is 0 Å². The van der Waals surface area contributed by atoms with Crippen LogP contribution in [0, 0.1) is 28.4 Å². The van der Waals surface area contributed by atoms with Crippen LogP contribution >= 0.6 is 0 Å². The van der Waals surface area contributed by atoms with E-state index in [1.54, 1.807) is 42.6 Å². The Morgan fingerprint density at radius 3 is 2.38 bits per heavy atom. The molecule has 3 aromatic rings. The molecule has 0 saturated heterocycles. The number of pyridine rings is 1. The largest absolute Gasteiger partial charge is 0.417 e. The highest BCUT2D eigenvalue weighted by Gasteiger charge is 2.37. The van der Waals surface area contributed by atoms with E-state index < -0.39 is 41.0 Å². The smallest absolute Gasteiger partial charge is 0.308 e. The van der Waals surface area contributed by atoms with Crippen LogP contribution in [0.5, 0.6) is 0 Å². The van der Waals surface area contributed by atoms with Crippen molar-refractivity contribution in [3.63, 3.8) is 0 Å². The molecule has 0 aliphatic heterocycles. The third kappa shape index (κ3) is 5.10. The Bertz CT molecular complexity index is 1370. The molecule has 0 bridgehead atoms. The van der Waals surface area contributed by atoms with Crippen molar-refractivity contribution in [1.29, 1.82) is 10.7 Å². The molecule has 0 saturated carbocycles. The fourth-order valence-corrected chi connectivity index (χ4v) is 3.45. The van der Waals surface area contributed by atoms with Gasteiger partial charge in [0.1, 0.15) is 34.7 Å². The predicted molar refractivity (Wildman–Crippen MR) is 115 cm³/mol. The van der Waals surface area contributed by atoms with Crippen molar-refractivity contribution in [1.82, 2.24) is 4.57 Å². The molecule has 0 amide bonds. The summed E-state index contributed by atoms with van der Waals surface area (Å²) in [5, 5.41) is 18.7. The Morgan fingerprint density at radius 1 is 1.15 bits per heavy atom.